The molecule has 0 aromatic heterocycles. The standard InChI is InChI=1S/C23H27N3O2/c1-16-8-10-20(11-9-16)23(28)26-25-17(2)18-12-14-21(15-13-18)24-22(27)19-6-4-3-5-7-19/h8-15,19H,3-7H2,1-2H3,(H,24,27)(H,26,28)/b25-17-. The first-order valence-corrected chi connectivity index (χ1v) is 9.85. The van der Waals surface area contributed by atoms with E-state index in [0.717, 1.165) is 42.5 Å². The summed E-state index contributed by atoms with van der Waals surface area (Å²) < 4.78 is 0. The van der Waals surface area contributed by atoms with Gasteiger partial charge in [-0.15, -0.1) is 0 Å². The fourth-order valence-electron chi connectivity index (χ4n) is 3.37. The number of nitrogens with zero attached hydrogens (tertiary/aromatic N) is 1. The Kier molecular flexibility index (Phi) is 6.58. The maximum absolute atomic E-state index is 12.3. The lowest BCUT2D eigenvalue weighted by atomic mass is 9.88. The molecule has 3 rings (SSSR count). The Morgan fingerprint density at radius 2 is 1.50 bits per heavy atom. The quantitative estimate of drug-likeness (QED) is 0.587. The molecule has 1 saturated carbocycles. The van der Waals surface area contributed by atoms with Crippen LogP contribution in [-0.2, 0) is 4.79 Å². The second-order valence-electron chi connectivity index (χ2n) is 7.41. The van der Waals surface area contributed by atoms with Gasteiger partial charge in [0.05, 0.1) is 5.71 Å². The molecule has 0 heterocycles. The predicted molar refractivity (Wildman–Crippen MR) is 113 cm³/mol. The number of anilines is 1. The smallest absolute Gasteiger partial charge is 0.271 e. The van der Waals surface area contributed by atoms with E-state index in [9.17, 15) is 9.59 Å². The van der Waals surface area contributed by atoms with Crippen molar-refractivity contribution in [3.63, 3.8) is 0 Å². The van der Waals surface area contributed by atoms with Crippen LogP contribution in [0.5, 0.6) is 0 Å². The summed E-state index contributed by atoms with van der Waals surface area (Å²) in [4.78, 5) is 24.5. The molecule has 0 unspecified atom stereocenters. The van der Waals surface area contributed by atoms with Crippen LogP contribution >= 0.6 is 0 Å². The summed E-state index contributed by atoms with van der Waals surface area (Å²) in [6, 6.07) is 14.9. The van der Waals surface area contributed by atoms with E-state index in [-0.39, 0.29) is 17.7 Å². The lowest BCUT2D eigenvalue weighted by molar-refractivity contribution is -0.120. The van der Waals surface area contributed by atoms with Crippen LogP contribution in [0, 0.1) is 12.8 Å². The summed E-state index contributed by atoms with van der Waals surface area (Å²) in [6.07, 6.45) is 5.48. The topological polar surface area (TPSA) is 70.6 Å². The predicted octanol–water partition coefficient (Wildman–Crippen LogP) is 4.67. The summed E-state index contributed by atoms with van der Waals surface area (Å²) in [5, 5.41) is 7.19. The lowest BCUT2D eigenvalue weighted by Gasteiger charge is -2.20. The minimum Gasteiger partial charge on any atom is -0.326 e. The molecule has 146 valence electrons. The van der Waals surface area contributed by atoms with Gasteiger partial charge in [-0.25, -0.2) is 5.43 Å². The van der Waals surface area contributed by atoms with Crippen molar-refractivity contribution in [2.24, 2.45) is 11.0 Å². The first-order chi connectivity index (χ1) is 13.5. The molecule has 0 bridgehead atoms. The van der Waals surface area contributed by atoms with Crippen molar-refractivity contribution in [1.82, 2.24) is 5.43 Å². The number of nitrogens with one attached hydrogen (secondary N) is 2. The van der Waals surface area contributed by atoms with Crippen LogP contribution in [0.15, 0.2) is 53.6 Å². The van der Waals surface area contributed by atoms with Crippen LogP contribution in [0.25, 0.3) is 0 Å². The normalized spacial score (nSPS) is 15.1. The molecule has 5 heteroatoms. The van der Waals surface area contributed by atoms with Crippen LogP contribution < -0.4 is 10.7 Å². The summed E-state index contributed by atoms with van der Waals surface area (Å²) in [7, 11) is 0. The first kappa shape index (κ1) is 19.8. The van der Waals surface area contributed by atoms with Crippen molar-refractivity contribution < 1.29 is 9.59 Å². The second-order valence-corrected chi connectivity index (χ2v) is 7.41. The number of carbonyl (C=O) groups excluding carboxylic acids is 2. The third kappa shape index (κ3) is 5.28. The van der Waals surface area contributed by atoms with Gasteiger partial charge in [0.1, 0.15) is 0 Å². The number of benzene rings is 2. The van der Waals surface area contributed by atoms with Crippen molar-refractivity contribution in [3.8, 4) is 0 Å². The highest BCUT2D eigenvalue weighted by molar-refractivity contribution is 6.01. The summed E-state index contributed by atoms with van der Waals surface area (Å²) >= 11 is 0. The van der Waals surface area contributed by atoms with Crippen molar-refractivity contribution in [2.75, 3.05) is 5.32 Å². The molecular weight excluding hydrogens is 350 g/mol. The Morgan fingerprint density at radius 1 is 0.893 bits per heavy atom. The second kappa shape index (κ2) is 9.31. The van der Waals surface area contributed by atoms with Crippen LogP contribution in [0.4, 0.5) is 5.69 Å². The van der Waals surface area contributed by atoms with Gasteiger partial charge in [-0.2, -0.15) is 5.10 Å². The monoisotopic (exact) mass is 377 g/mol. The molecular formula is C23H27N3O2. The van der Waals surface area contributed by atoms with Crippen molar-refractivity contribution in [1.29, 1.82) is 0 Å². The first-order valence-electron chi connectivity index (χ1n) is 9.85. The third-order valence-corrected chi connectivity index (χ3v) is 5.19. The van der Waals surface area contributed by atoms with Gasteiger partial charge in [0.2, 0.25) is 5.91 Å². The van der Waals surface area contributed by atoms with E-state index in [1.807, 2.05) is 50.2 Å². The zero-order chi connectivity index (χ0) is 19.9. The summed E-state index contributed by atoms with van der Waals surface area (Å²) in [5.74, 6) is 0.00706. The zero-order valence-corrected chi connectivity index (χ0v) is 16.5. The van der Waals surface area contributed by atoms with Crippen LogP contribution in [0.3, 0.4) is 0 Å². The Bertz CT molecular complexity index is 848. The largest absolute Gasteiger partial charge is 0.326 e. The summed E-state index contributed by atoms with van der Waals surface area (Å²) in [6.45, 7) is 3.82. The van der Waals surface area contributed by atoms with Crippen molar-refractivity contribution >= 4 is 23.2 Å². The highest BCUT2D eigenvalue weighted by Crippen LogP contribution is 2.25. The molecule has 0 aliphatic heterocycles. The molecule has 2 amide bonds. The Morgan fingerprint density at radius 3 is 2.14 bits per heavy atom. The number of hydrogen-bond acceptors (Lipinski definition) is 3. The number of carbonyl (C=O) groups is 2. The van der Waals surface area contributed by atoms with Crippen molar-refractivity contribution in [2.45, 2.75) is 46.0 Å². The van der Waals surface area contributed by atoms with Gasteiger partial charge in [-0.05, 0) is 56.5 Å². The van der Waals surface area contributed by atoms with Gasteiger partial charge < -0.3 is 5.32 Å². The van der Waals surface area contributed by atoms with Gasteiger partial charge in [-0.1, -0.05) is 49.1 Å². The van der Waals surface area contributed by atoms with E-state index in [1.54, 1.807) is 12.1 Å². The molecule has 2 aromatic carbocycles. The highest BCUT2D eigenvalue weighted by Gasteiger charge is 2.20. The fourth-order valence-corrected chi connectivity index (χ4v) is 3.37. The number of aryl methyl sites for hydroxylation is 1. The molecule has 0 atom stereocenters. The average Bonchev–Trinajstić information content (AvgIpc) is 2.73. The Hall–Kier alpha value is -2.95. The molecule has 1 aliphatic rings. The molecule has 1 fully saturated rings. The SMILES string of the molecule is C/C(=N/NC(=O)c1ccc(C)cc1)c1ccc(NC(=O)C2CCCCC2)cc1. The number of hydrazone groups is 1. The number of hydrogen-bond donors (Lipinski definition) is 2. The van der Waals surface area contributed by atoms with E-state index in [0.29, 0.717) is 11.3 Å². The maximum atomic E-state index is 12.3. The highest BCUT2D eigenvalue weighted by atomic mass is 16.2. The average molecular weight is 377 g/mol. The Labute approximate surface area is 166 Å². The van der Waals surface area contributed by atoms with Crippen LogP contribution in [-0.4, -0.2) is 17.5 Å². The molecule has 2 aromatic rings. The number of amides is 2. The minimum atomic E-state index is -0.240. The Balaban J connectivity index is 1.57. The third-order valence-electron chi connectivity index (χ3n) is 5.19. The summed E-state index contributed by atoms with van der Waals surface area (Å²) in [5.41, 5.74) is 6.64. The maximum Gasteiger partial charge on any atom is 0.271 e. The van der Waals surface area contributed by atoms with E-state index >= 15 is 0 Å². The molecule has 28 heavy (non-hydrogen) atoms. The minimum absolute atomic E-state index is 0.114. The number of rotatable bonds is 5. The molecule has 0 radical (unpaired) electrons. The van der Waals surface area contributed by atoms with Gasteiger partial charge in [-0.3, -0.25) is 9.59 Å². The van der Waals surface area contributed by atoms with Crippen LogP contribution in [0.2, 0.25) is 0 Å². The molecule has 2 N–H and O–H groups in total. The van der Waals surface area contributed by atoms with Gasteiger partial charge >= 0.3 is 0 Å². The zero-order valence-electron chi connectivity index (χ0n) is 16.5. The van der Waals surface area contributed by atoms with Gasteiger partial charge in [0.15, 0.2) is 0 Å². The van der Waals surface area contributed by atoms with E-state index in [2.05, 4.69) is 15.8 Å². The van der Waals surface area contributed by atoms with Crippen molar-refractivity contribution in [3.05, 3.63) is 65.2 Å². The van der Waals surface area contributed by atoms with Crippen LogP contribution in [0.1, 0.15) is 60.5 Å². The molecule has 0 spiro atoms. The van der Waals surface area contributed by atoms with Gasteiger partial charge in [0, 0.05) is 17.2 Å². The molecule has 5 nitrogen and oxygen atoms in total. The van der Waals surface area contributed by atoms with E-state index < -0.39 is 0 Å². The lowest BCUT2D eigenvalue weighted by Crippen LogP contribution is -2.24. The fraction of sp³-hybridized carbons (Fsp3) is 0.348. The molecule has 1 aliphatic carbocycles. The van der Waals surface area contributed by atoms with E-state index in [4.69, 9.17) is 0 Å². The molecule has 0 saturated heterocycles. The van der Waals surface area contributed by atoms with Gasteiger partial charge in [0.25, 0.3) is 5.91 Å². The van der Waals surface area contributed by atoms with E-state index in [1.165, 1.54) is 6.42 Å².